The number of carbonyl (C=O) groups is 1. The first kappa shape index (κ1) is 14.8. The van der Waals surface area contributed by atoms with Gasteiger partial charge in [0.25, 0.3) is 0 Å². The van der Waals surface area contributed by atoms with Crippen molar-refractivity contribution in [3.63, 3.8) is 0 Å². The van der Waals surface area contributed by atoms with E-state index in [1.165, 1.54) is 44.1 Å². The third-order valence-corrected chi connectivity index (χ3v) is 5.64. The molecule has 1 aromatic carbocycles. The Morgan fingerprint density at radius 1 is 1.10 bits per heavy atom. The number of piperidine rings is 1. The standard InChI is InChI=1S/C19H27NO/c1-15-5-6-16(2)17(13-15)18(21)14-20-11-9-19(10-12-20)7-3-4-8-19/h5-6,13H,3-4,7-12,14H2,1-2H3. The Kier molecular flexibility index (Phi) is 4.17. The van der Waals surface area contributed by atoms with Crippen LogP contribution in [-0.2, 0) is 0 Å². The molecule has 21 heavy (non-hydrogen) atoms. The summed E-state index contributed by atoms with van der Waals surface area (Å²) in [6.45, 7) is 6.91. The molecule has 0 N–H and O–H groups in total. The minimum atomic E-state index is 0.290. The Bertz CT molecular complexity index is 518. The third kappa shape index (κ3) is 3.21. The molecule has 1 heterocycles. The number of carbonyl (C=O) groups excluding carboxylic acids is 1. The summed E-state index contributed by atoms with van der Waals surface area (Å²) in [4.78, 5) is 14.9. The summed E-state index contributed by atoms with van der Waals surface area (Å²) in [5.74, 6) is 0.290. The number of rotatable bonds is 3. The number of benzene rings is 1. The van der Waals surface area contributed by atoms with E-state index in [0.717, 1.165) is 24.2 Å². The van der Waals surface area contributed by atoms with Crippen LogP contribution in [0, 0.1) is 19.3 Å². The number of aryl methyl sites for hydroxylation is 2. The van der Waals surface area contributed by atoms with Gasteiger partial charge in [-0.25, -0.2) is 0 Å². The van der Waals surface area contributed by atoms with Crippen LogP contribution in [0.5, 0.6) is 0 Å². The minimum absolute atomic E-state index is 0.290. The van der Waals surface area contributed by atoms with Crippen LogP contribution >= 0.6 is 0 Å². The molecule has 0 unspecified atom stereocenters. The summed E-state index contributed by atoms with van der Waals surface area (Å²) in [7, 11) is 0. The van der Waals surface area contributed by atoms with Crippen molar-refractivity contribution < 1.29 is 4.79 Å². The molecule has 1 spiro atoms. The number of nitrogens with zero attached hydrogens (tertiary/aromatic N) is 1. The smallest absolute Gasteiger partial charge is 0.177 e. The van der Waals surface area contributed by atoms with Crippen molar-refractivity contribution in [2.75, 3.05) is 19.6 Å². The molecule has 0 aromatic heterocycles. The highest BCUT2D eigenvalue weighted by Crippen LogP contribution is 2.46. The van der Waals surface area contributed by atoms with Crippen LogP contribution in [0.15, 0.2) is 18.2 Å². The summed E-state index contributed by atoms with van der Waals surface area (Å²) >= 11 is 0. The van der Waals surface area contributed by atoms with Gasteiger partial charge in [0, 0.05) is 5.56 Å². The van der Waals surface area contributed by atoms with Crippen LogP contribution in [0.3, 0.4) is 0 Å². The number of Topliss-reactive ketones (excluding diaryl/α,β-unsaturated/α-hetero) is 1. The lowest BCUT2D eigenvalue weighted by atomic mass is 9.77. The Balaban J connectivity index is 1.60. The first-order valence-corrected chi connectivity index (χ1v) is 8.41. The van der Waals surface area contributed by atoms with Crippen LogP contribution in [0.25, 0.3) is 0 Å². The molecule has 0 radical (unpaired) electrons. The van der Waals surface area contributed by atoms with Crippen molar-refractivity contribution in [2.45, 2.75) is 52.4 Å². The molecule has 1 saturated heterocycles. The second-order valence-electron chi connectivity index (χ2n) is 7.22. The molecular formula is C19H27NO. The number of hydrogen-bond acceptors (Lipinski definition) is 2. The van der Waals surface area contributed by atoms with Crippen LogP contribution in [0.2, 0.25) is 0 Å². The predicted octanol–water partition coefficient (Wildman–Crippen LogP) is 4.14. The molecule has 2 heteroatoms. The van der Waals surface area contributed by atoms with E-state index in [0.29, 0.717) is 17.7 Å². The fourth-order valence-electron chi connectivity index (χ4n) is 4.14. The molecule has 0 bridgehead atoms. The van der Waals surface area contributed by atoms with Gasteiger partial charge < -0.3 is 0 Å². The van der Waals surface area contributed by atoms with Gasteiger partial charge in [0.2, 0.25) is 0 Å². The highest BCUT2D eigenvalue weighted by Gasteiger charge is 2.37. The zero-order chi connectivity index (χ0) is 14.9. The van der Waals surface area contributed by atoms with Crippen molar-refractivity contribution >= 4 is 5.78 Å². The summed E-state index contributed by atoms with van der Waals surface area (Å²) in [6.07, 6.45) is 8.28. The molecule has 2 nitrogen and oxygen atoms in total. The van der Waals surface area contributed by atoms with E-state index >= 15 is 0 Å². The van der Waals surface area contributed by atoms with Gasteiger partial charge in [-0.15, -0.1) is 0 Å². The molecule has 1 saturated carbocycles. The summed E-state index contributed by atoms with van der Waals surface area (Å²) in [6, 6.07) is 6.18. The zero-order valence-corrected chi connectivity index (χ0v) is 13.5. The van der Waals surface area contributed by atoms with E-state index in [-0.39, 0.29) is 0 Å². The normalized spacial score (nSPS) is 21.8. The fourth-order valence-corrected chi connectivity index (χ4v) is 4.14. The maximum atomic E-state index is 12.6. The predicted molar refractivity (Wildman–Crippen MR) is 86.8 cm³/mol. The maximum absolute atomic E-state index is 12.6. The first-order valence-electron chi connectivity index (χ1n) is 8.41. The highest BCUT2D eigenvalue weighted by atomic mass is 16.1. The molecular weight excluding hydrogens is 258 g/mol. The van der Waals surface area contributed by atoms with Gasteiger partial charge in [-0.1, -0.05) is 30.5 Å². The second-order valence-corrected chi connectivity index (χ2v) is 7.22. The number of ketones is 1. The highest BCUT2D eigenvalue weighted by molar-refractivity contribution is 5.99. The summed E-state index contributed by atoms with van der Waals surface area (Å²) in [5, 5.41) is 0. The molecule has 3 rings (SSSR count). The lowest BCUT2D eigenvalue weighted by Gasteiger charge is -2.39. The fraction of sp³-hybridized carbons (Fsp3) is 0.632. The van der Waals surface area contributed by atoms with Crippen molar-refractivity contribution in [2.24, 2.45) is 5.41 Å². The SMILES string of the molecule is Cc1ccc(C)c(C(=O)CN2CCC3(CCCC3)CC2)c1. The van der Waals surface area contributed by atoms with Gasteiger partial charge in [0.1, 0.15) is 0 Å². The van der Waals surface area contributed by atoms with E-state index < -0.39 is 0 Å². The Hall–Kier alpha value is -1.15. The Morgan fingerprint density at radius 2 is 1.76 bits per heavy atom. The van der Waals surface area contributed by atoms with Gasteiger partial charge >= 0.3 is 0 Å². The maximum Gasteiger partial charge on any atom is 0.177 e. The largest absolute Gasteiger partial charge is 0.296 e. The summed E-state index contributed by atoms with van der Waals surface area (Å²) in [5.41, 5.74) is 3.83. The van der Waals surface area contributed by atoms with E-state index in [9.17, 15) is 4.79 Å². The van der Waals surface area contributed by atoms with Crippen molar-refractivity contribution in [3.8, 4) is 0 Å². The Labute approximate surface area is 128 Å². The average Bonchev–Trinajstić information content (AvgIpc) is 2.93. The lowest BCUT2D eigenvalue weighted by Crippen LogP contribution is -2.41. The first-order chi connectivity index (χ1) is 10.1. The van der Waals surface area contributed by atoms with E-state index in [2.05, 4.69) is 24.0 Å². The zero-order valence-electron chi connectivity index (χ0n) is 13.5. The topological polar surface area (TPSA) is 20.3 Å². The molecule has 2 aliphatic rings. The van der Waals surface area contributed by atoms with Crippen molar-refractivity contribution in [1.82, 2.24) is 4.90 Å². The van der Waals surface area contributed by atoms with E-state index in [4.69, 9.17) is 0 Å². The monoisotopic (exact) mass is 285 g/mol. The van der Waals surface area contributed by atoms with Crippen LogP contribution in [0.4, 0.5) is 0 Å². The molecule has 1 aliphatic carbocycles. The molecule has 114 valence electrons. The van der Waals surface area contributed by atoms with Crippen LogP contribution < -0.4 is 0 Å². The Morgan fingerprint density at radius 3 is 2.43 bits per heavy atom. The lowest BCUT2D eigenvalue weighted by molar-refractivity contribution is 0.0796. The van der Waals surface area contributed by atoms with Gasteiger partial charge in [0.15, 0.2) is 5.78 Å². The minimum Gasteiger partial charge on any atom is -0.296 e. The second kappa shape index (κ2) is 5.92. The molecule has 2 fully saturated rings. The van der Waals surface area contributed by atoms with Crippen LogP contribution in [-0.4, -0.2) is 30.3 Å². The number of hydrogen-bond donors (Lipinski definition) is 0. The van der Waals surface area contributed by atoms with E-state index in [1.807, 2.05) is 13.0 Å². The van der Waals surface area contributed by atoms with Gasteiger partial charge in [-0.05, 0) is 69.7 Å². The number of likely N-dealkylation sites (tertiary alicyclic amines) is 1. The molecule has 0 atom stereocenters. The van der Waals surface area contributed by atoms with Crippen molar-refractivity contribution in [1.29, 1.82) is 0 Å². The third-order valence-electron chi connectivity index (χ3n) is 5.64. The van der Waals surface area contributed by atoms with Crippen molar-refractivity contribution in [3.05, 3.63) is 34.9 Å². The molecule has 0 amide bonds. The molecule has 1 aromatic rings. The molecule has 1 aliphatic heterocycles. The van der Waals surface area contributed by atoms with Gasteiger partial charge in [-0.3, -0.25) is 9.69 Å². The van der Waals surface area contributed by atoms with E-state index in [1.54, 1.807) is 0 Å². The van der Waals surface area contributed by atoms with Gasteiger partial charge in [-0.2, -0.15) is 0 Å². The average molecular weight is 285 g/mol. The van der Waals surface area contributed by atoms with Gasteiger partial charge in [0.05, 0.1) is 6.54 Å². The summed E-state index contributed by atoms with van der Waals surface area (Å²) < 4.78 is 0. The quantitative estimate of drug-likeness (QED) is 0.778. The van der Waals surface area contributed by atoms with Crippen LogP contribution in [0.1, 0.15) is 60.0 Å².